The summed E-state index contributed by atoms with van der Waals surface area (Å²) in [5, 5.41) is 153. The number of carbonyl (C=O) groups excluding carboxylic acids is 1. The Labute approximate surface area is 480 Å². The third kappa shape index (κ3) is 11.8. The van der Waals surface area contributed by atoms with Gasteiger partial charge in [-0.2, -0.15) is 0 Å². The standard InChI is InChI=1S/C56H88O27/c1-22-8-11-56(74-20-22)23(2)37-30(83-56)13-27-25-7-6-24-12-29(28(60)14-55(24,5)26(25)9-10-54(27,37)4)76-50-45(71)42(68)46(33(19-59)79-50)80-52-48(82-51-44(70)41(67)38(64)31(17-57)77-51)47(40(66)32(18-58)78-52)81-49-43(69)39(65)34(21-73-49)75-36(63)16-53(3,72)15-35(61)62/h6,22-23,25-34,37-52,57-60,64-72H,7-21H2,1-5H3,(H,61,62). The van der Waals surface area contributed by atoms with Crippen LogP contribution in [0, 0.1) is 46.3 Å². The van der Waals surface area contributed by atoms with Crippen molar-refractivity contribution in [3.63, 3.8) is 0 Å². The van der Waals surface area contributed by atoms with Gasteiger partial charge >= 0.3 is 11.9 Å². The van der Waals surface area contributed by atoms with Crippen LogP contribution in [0.1, 0.15) is 98.8 Å². The molecular weight excluding hydrogens is 1100 g/mol. The maximum atomic E-state index is 12.7. The van der Waals surface area contributed by atoms with Crippen LogP contribution in [0.5, 0.6) is 0 Å². The van der Waals surface area contributed by atoms with Gasteiger partial charge in [-0.15, -0.1) is 0 Å². The number of hydrogen-bond acceptors (Lipinski definition) is 26. The number of rotatable bonds is 16. The molecule has 14 N–H and O–H groups in total. The second-order valence-corrected chi connectivity index (χ2v) is 26.3. The van der Waals surface area contributed by atoms with Crippen molar-refractivity contribution in [1.82, 2.24) is 0 Å². The zero-order chi connectivity index (χ0) is 60.0. The molecule has 32 atom stereocenters. The lowest BCUT2D eigenvalue weighted by molar-refractivity contribution is -0.404. The van der Waals surface area contributed by atoms with Crippen LogP contribution in [0.2, 0.25) is 0 Å². The predicted molar refractivity (Wildman–Crippen MR) is 275 cm³/mol. The fourth-order valence-electron chi connectivity index (χ4n) is 16.3. The summed E-state index contributed by atoms with van der Waals surface area (Å²) >= 11 is 0. The summed E-state index contributed by atoms with van der Waals surface area (Å²) in [6.07, 6.45) is -30.6. The molecule has 10 aliphatic rings. The first-order valence-electron chi connectivity index (χ1n) is 29.5. The number of carbonyl (C=O) groups is 2. The van der Waals surface area contributed by atoms with Crippen LogP contribution in [0.3, 0.4) is 0 Å². The Balaban J connectivity index is 0.829. The van der Waals surface area contributed by atoms with E-state index in [9.17, 15) is 76.0 Å². The van der Waals surface area contributed by atoms with Gasteiger partial charge in [0.1, 0.15) is 85.5 Å². The molecule has 0 aromatic heterocycles. The average Bonchev–Trinajstić information content (AvgIpc) is 1.70. The number of hydrogen-bond donors (Lipinski definition) is 14. The number of carboxylic acid groups (broad SMARTS) is 1. The minimum Gasteiger partial charge on any atom is -0.481 e. The zero-order valence-corrected chi connectivity index (χ0v) is 47.4. The number of carboxylic acids is 1. The molecule has 32 unspecified atom stereocenters. The van der Waals surface area contributed by atoms with Crippen molar-refractivity contribution in [3.8, 4) is 0 Å². The molecule has 6 aliphatic heterocycles. The molecule has 27 heteroatoms. The van der Waals surface area contributed by atoms with Crippen LogP contribution in [-0.4, -0.2) is 263 Å². The molecule has 83 heavy (non-hydrogen) atoms. The van der Waals surface area contributed by atoms with Crippen molar-refractivity contribution >= 4 is 11.9 Å². The van der Waals surface area contributed by atoms with Gasteiger partial charge in [0.05, 0.1) is 69.8 Å². The summed E-state index contributed by atoms with van der Waals surface area (Å²) < 4.78 is 66.6. The summed E-state index contributed by atoms with van der Waals surface area (Å²) in [6, 6.07) is 0. The number of ether oxygens (including phenoxy) is 11. The largest absolute Gasteiger partial charge is 0.481 e. The molecule has 10 rings (SSSR count). The highest BCUT2D eigenvalue weighted by molar-refractivity contribution is 5.74. The van der Waals surface area contributed by atoms with Gasteiger partial charge in [0, 0.05) is 12.3 Å². The highest BCUT2D eigenvalue weighted by Gasteiger charge is 2.69. The summed E-state index contributed by atoms with van der Waals surface area (Å²) in [4.78, 5) is 23.9. The molecule has 4 aliphatic carbocycles. The first kappa shape index (κ1) is 63.8. The molecule has 1 spiro atoms. The Morgan fingerprint density at radius 3 is 1.98 bits per heavy atom. The van der Waals surface area contributed by atoms with E-state index in [-0.39, 0.29) is 35.2 Å². The maximum absolute atomic E-state index is 12.7. The van der Waals surface area contributed by atoms with Gasteiger partial charge in [0.15, 0.2) is 37.1 Å². The summed E-state index contributed by atoms with van der Waals surface area (Å²) in [5.74, 6) is -0.833. The number of fused-ring (bicyclic) bond motifs is 7. The third-order valence-corrected chi connectivity index (χ3v) is 20.8. The van der Waals surface area contributed by atoms with Crippen molar-refractivity contribution in [3.05, 3.63) is 11.6 Å². The SMILES string of the molecule is CC1CCC2(OC1)OC1CC3C4CC=C5CC(OC6OC(CO)C(OC7OC(CO)C(O)C(OC8OCC(OC(=O)CC(C)(O)CC(=O)O)C(O)C8O)C7OC7OC(CO)C(O)C(O)C7O)C(O)C6O)C(O)CC5(C)C4CCC3(C)C1C2C. The first-order chi connectivity index (χ1) is 39.2. The van der Waals surface area contributed by atoms with Gasteiger partial charge in [0.2, 0.25) is 0 Å². The zero-order valence-electron chi connectivity index (χ0n) is 47.4. The molecule has 0 bridgehead atoms. The minimum atomic E-state index is -2.12. The highest BCUT2D eigenvalue weighted by atomic mass is 16.8. The van der Waals surface area contributed by atoms with Crippen LogP contribution < -0.4 is 0 Å². The lowest BCUT2D eigenvalue weighted by Gasteiger charge is -2.59. The molecule has 3 saturated carbocycles. The van der Waals surface area contributed by atoms with Gasteiger partial charge < -0.3 is 124 Å². The average molecular weight is 1190 g/mol. The molecule has 9 fully saturated rings. The molecule has 6 saturated heterocycles. The van der Waals surface area contributed by atoms with E-state index < -0.39 is 192 Å². The second kappa shape index (κ2) is 24.6. The summed E-state index contributed by atoms with van der Waals surface area (Å²) in [7, 11) is 0. The van der Waals surface area contributed by atoms with E-state index in [2.05, 4.69) is 33.8 Å². The van der Waals surface area contributed by atoms with Gasteiger partial charge in [-0.25, -0.2) is 0 Å². The Bertz CT molecular complexity index is 2280. The lowest BCUT2D eigenvalue weighted by atomic mass is 9.46. The third-order valence-electron chi connectivity index (χ3n) is 20.8. The number of aliphatic hydroxyl groups is 13. The van der Waals surface area contributed by atoms with Crippen LogP contribution in [-0.2, 0) is 61.7 Å². The Morgan fingerprint density at radius 2 is 1.30 bits per heavy atom. The molecule has 0 aromatic rings. The molecule has 6 heterocycles. The van der Waals surface area contributed by atoms with E-state index in [4.69, 9.17) is 57.2 Å². The molecular formula is C56H88O27. The predicted octanol–water partition coefficient (Wildman–Crippen LogP) is -3.21. The molecule has 474 valence electrons. The number of aliphatic hydroxyl groups excluding tert-OH is 12. The maximum Gasteiger partial charge on any atom is 0.309 e. The smallest absolute Gasteiger partial charge is 0.309 e. The van der Waals surface area contributed by atoms with Crippen LogP contribution in [0.25, 0.3) is 0 Å². The fraction of sp³-hybridized carbons (Fsp3) is 0.929. The minimum absolute atomic E-state index is 0.0745. The Kier molecular flexibility index (Phi) is 18.9. The van der Waals surface area contributed by atoms with E-state index in [0.717, 1.165) is 51.0 Å². The topological polar surface area (TPSA) is 419 Å². The van der Waals surface area contributed by atoms with Crippen molar-refractivity contribution in [1.29, 1.82) is 0 Å². The second-order valence-electron chi connectivity index (χ2n) is 26.3. The van der Waals surface area contributed by atoms with Crippen molar-refractivity contribution in [2.24, 2.45) is 46.3 Å². The molecule has 0 amide bonds. The first-order valence-corrected chi connectivity index (χ1v) is 29.5. The van der Waals surface area contributed by atoms with Gasteiger partial charge in [-0.1, -0.05) is 39.3 Å². The van der Waals surface area contributed by atoms with E-state index in [1.807, 2.05) is 0 Å². The quantitative estimate of drug-likeness (QED) is 0.0534. The van der Waals surface area contributed by atoms with E-state index >= 15 is 0 Å². The van der Waals surface area contributed by atoms with E-state index in [0.29, 0.717) is 36.7 Å². The fourth-order valence-corrected chi connectivity index (χ4v) is 16.3. The van der Waals surface area contributed by atoms with Crippen LogP contribution in [0.4, 0.5) is 0 Å². The number of allylic oxidation sites excluding steroid dienone is 1. The van der Waals surface area contributed by atoms with Gasteiger partial charge in [-0.3, -0.25) is 9.59 Å². The summed E-state index contributed by atoms with van der Waals surface area (Å²) in [6.45, 7) is 7.53. The Morgan fingerprint density at radius 1 is 0.675 bits per heavy atom. The highest BCUT2D eigenvalue weighted by Crippen LogP contribution is 2.71. The van der Waals surface area contributed by atoms with Crippen molar-refractivity contribution < 1.29 is 133 Å². The Hall–Kier alpha value is -2.24. The van der Waals surface area contributed by atoms with Crippen LogP contribution in [0.15, 0.2) is 11.6 Å². The lowest BCUT2D eigenvalue weighted by Crippen LogP contribution is -2.68. The number of aliphatic carboxylic acids is 1. The van der Waals surface area contributed by atoms with E-state index in [1.54, 1.807) is 0 Å². The summed E-state index contributed by atoms with van der Waals surface area (Å²) in [5.41, 5.74) is -1.21. The normalized spacial score (nSPS) is 52.3. The monoisotopic (exact) mass is 1190 g/mol. The molecule has 27 nitrogen and oxygen atoms in total. The molecule has 0 radical (unpaired) electrons. The van der Waals surface area contributed by atoms with Gasteiger partial charge in [-0.05, 0) is 92.3 Å². The number of esters is 1. The van der Waals surface area contributed by atoms with E-state index in [1.165, 1.54) is 0 Å². The van der Waals surface area contributed by atoms with Gasteiger partial charge in [0.25, 0.3) is 0 Å². The van der Waals surface area contributed by atoms with Crippen LogP contribution >= 0.6 is 0 Å². The molecule has 0 aromatic carbocycles. The van der Waals surface area contributed by atoms with Crippen molar-refractivity contribution in [2.45, 2.75) is 245 Å². The van der Waals surface area contributed by atoms with Crippen molar-refractivity contribution in [2.75, 3.05) is 33.0 Å².